The van der Waals surface area contributed by atoms with Crippen molar-refractivity contribution in [2.24, 2.45) is 0 Å². The minimum absolute atomic E-state index is 0.353. The molecule has 0 aliphatic rings. The first-order valence-corrected chi connectivity index (χ1v) is 10.1. The van der Waals surface area contributed by atoms with E-state index < -0.39 is 0 Å². The highest BCUT2D eigenvalue weighted by Crippen LogP contribution is 2.28. The largest absolute Gasteiger partial charge is 0.508 e. The highest BCUT2D eigenvalue weighted by atomic mass is 16.5. The molecule has 4 rings (SSSR count). The fraction of sp³-hybridized carbons (Fsp3) is 0.143. The molecule has 1 N–H and O–H groups in total. The van der Waals surface area contributed by atoms with Crippen molar-refractivity contribution >= 4 is 21.5 Å². The maximum Gasteiger partial charge on any atom is 0.120 e. The smallest absolute Gasteiger partial charge is 0.120 e. The van der Waals surface area contributed by atoms with Gasteiger partial charge in [0.05, 0.1) is 0 Å². The van der Waals surface area contributed by atoms with Gasteiger partial charge in [-0.3, -0.25) is 0 Å². The molecule has 0 aromatic heterocycles. The van der Waals surface area contributed by atoms with E-state index in [4.69, 9.17) is 4.74 Å². The van der Waals surface area contributed by atoms with Gasteiger partial charge in [0.15, 0.2) is 0 Å². The Hall–Kier alpha value is -3.52. The number of aryl methyl sites for hydroxylation is 2. The number of ether oxygens (including phenoxy) is 1. The minimum Gasteiger partial charge on any atom is -0.508 e. The van der Waals surface area contributed by atoms with E-state index in [-0.39, 0.29) is 0 Å². The van der Waals surface area contributed by atoms with E-state index in [9.17, 15) is 5.11 Å². The molecular formula is C28H28O2. The first kappa shape index (κ1) is 21.2. The second-order valence-electron chi connectivity index (χ2n) is 7.39. The van der Waals surface area contributed by atoms with E-state index in [2.05, 4.69) is 75.5 Å². The van der Waals surface area contributed by atoms with Gasteiger partial charge in [-0.1, -0.05) is 78.4 Å². The van der Waals surface area contributed by atoms with Gasteiger partial charge >= 0.3 is 0 Å². The molecule has 0 aliphatic carbocycles. The summed E-state index contributed by atoms with van der Waals surface area (Å²) in [5.41, 5.74) is 3.47. The number of phenolic OH excluding ortho intramolecular Hbond substituents is 1. The molecule has 0 fully saturated rings. The van der Waals surface area contributed by atoms with Crippen molar-refractivity contribution in [2.45, 2.75) is 20.3 Å². The van der Waals surface area contributed by atoms with Gasteiger partial charge in [0, 0.05) is 5.56 Å². The maximum absolute atomic E-state index is 9.76. The van der Waals surface area contributed by atoms with E-state index >= 15 is 0 Å². The molecule has 4 aromatic carbocycles. The molecular weight excluding hydrogens is 368 g/mol. The summed E-state index contributed by atoms with van der Waals surface area (Å²) in [6, 6.07) is 22.5. The van der Waals surface area contributed by atoms with Crippen LogP contribution in [0.25, 0.3) is 21.5 Å². The zero-order chi connectivity index (χ0) is 21.5. The predicted molar refractivity (Wildman–Crippen MR) is 129 cm³/mol. The number of phenols is 1. The summed E-state index contributed by atoms with van der Waals surface area (Å²) in [6.45, 7) is 12.1. The number of hydrogen-bond donors (Lipinski definition) is 1. The Balaban J connectivity index is 0.000000171. The summed E-state index contributed by atoms with van der Waals surface area (Å²) in [7, 11) is 0. The molecule has 0 bridgehead atoms. The van der Waals surface area contributed by atoms with Crippen LogP contribution in [0.15, 0.2) is 92.0 Å². The molecule has 0 unspecified atom stereocenters. The second kappa shape index (κ2) is 9.80. The lowest BCUT2D eigenvalue weighted by atomic mass is 9.99. The Morgan fingerprint density at radius 3 is 2.13 bits per heavy atom. The second-order valence-corrected chi connectivity index (χ2v) is 7.39. The van der Waals surface area contributed by atoms with Gasteiger partial charge in [-0.2, -0.15) is 0 Å². The van der Waals surface area contributed by atoms with Crippen molar-refractivity contribution in [3.63, 3.8) is 0 Å². The van der Waals surface area contributed by atoms with E-state index in [0.717, 1.165) is 16.7 Å². The number of hydrogen-bond acceptors (Lipinski definition) is 2. The zero-order valence-corrected chi connectivity index (χ0v) is 17.7. The van der Waals surface area contributed by atoms with Crippen LogP contribution in [0.1, 0.15) is 16.7 Å². The molecule has 0 radical (unpaired) electrons. The molecule has 2 nitrogen and oxygen atoms in total. The number of fused-ring (bicyclic) bond motifs is 2. The molecule has 0 saturated heterocycles. The van der Waals surface area contributed by atoms with Crippen molar-refractivity contribution in [1.82, 2.24) is 0 Å². The van der Waals surface area contributed by atoms with Gasteiger partial charge < -0.3 is 9.84 Å². The third-order valence-corrected chi connectivity index (χ3v) is 4.95. The summed E-state index contributed by atoms with van der Waals surface area (Å²) in [5, 5.41) is 14.5. The lowest BCUT2D eigenvalue weighted by molar-refractivity contribution is 0.364. The summed E-state index contributed by atoms with van der Waals surface area (Å²) >= 11 is 0. The van der Waals surface area contributed by atoms with E-state index in [1.807, 2.05) is 18.2 Å². The number of rotatable bonds is 5. The number of allylic oxidation sites excluding steroid dienone is 1. The zero-order valence-electron chi connectivity index (χ0n) is 17.7. The molecule has 4 aromatic rings. The average molecular weight is 397 g/mol. The van der Waals surface area contributed by atoms with Gasteiger partial charge in [-0.15, -0.1) is 6.58 Å². The van der Waals surface area contributed by atoms with Crippen LogP contribution in [0, 0.1) is 13.8 Å². The van der Waals surface area contributed by atoms with Crippen molar-refractivity contribution in [2.75, 3.05) is 6.61 Å². The Labute approximate surface area is 178 Å². The van der Waals surface area contributed by atoms with Gasteiger partial charge in [-0.05, 0) is 60.0 Å². The Kier molecular flexibility index (Phi) is 6.92. The van der Waals surface area contributed by atoms with Crippen LogP contribution in [-0.4, -0.2) is 11.7 Å². The highest BCUT2D eigenvalue weighted by molar-refractivity contribution is 5.88. The lowest BCUT2D eigenvalue weighted by Gasteiger charge is -2.07. The Morgan fingerprint density at radius 2 is 1.40 bits per heavy atom. The van der Waals surface area contributed by atoms with Crippen LogP contribution >= 0.6 is 0 Å². The molecule has 0 amide bonds. The average Bonchev–Trinajstić information content (AvgIpc) is 2.75. The minimum atomic E-state index is 0.353. The van der Waals surface area contributed by atoms with E-state index in [0.29, 0.717) is 18.8 Å². The monoisotopic (exact) mass is 396 g/mol. The molecule has 0 saturated carbocycles. The molecule has 0 atom stereocenters. The van der Waals surface area contributed by atoms with Crippen LogP contribution in [0.2, 0.25) is 0 Å². The summed E-state index contributed by atoms with van der Waals surface area (Å²) in [5.74, 6) is 1.25. The van der Waals surface area contributed by atoms with Gasteiger partial charge in [-0.25, -0.2) is 0 Å². The fourth-order valence-electron chi connectivity index (χ4n) is 3.45. The third kappa shape index (κ3) is 5.09. The standard InChI is InChI=1S/2C14H14O/c1-3-8-15-14-7-6-12-9-11(2)4-5-13(12)10-14;1-3-4-13-12-7-5-10(2)9-11(12)6-8-14(13)15/h3-7,9-10H,1,8H2,2H3;3,5-9,15H,1,4H2,2H3. The molecule has 152 valence electrons. The van der Waals surface area contributed by atoms with Crippen LogP contribution in [-0.2, 0) is 6.42 Å². The Bertz CT molecular complexity index is 1190. The summed E-state index contributed by atoms with van der Waals surface area (Å²) < 4.78 is 5.48. The predicted octanol–water partition coefficient (Wildman–Crippen LogP) is 7.30. The normalized spacial score (nSPS) is 10.3. The number of aromatic hydroxyl groups is 1. The fourth-order valence-corrected chi connectivity index (χ4v) is 3.45. The van der Waals surface area contributed by atoms with Crippen LogP contribution < -0.4 is 4.74 Å². The molecule has 0 aliphatic heterocycles. The molecule has 2 heteroatoms. The van der Waals surface area contributed by atoms with Crippen molar-refractivity contribution in [3.05, 3.63) is 109 Å². The Morgan fingerprint density at radius 1 is 0.767 bits per heavy atom. The van der Waals surface area contributed by atoms with Gasteiger partial charge in [0.1, 0.15) is 18.1 Å². The van der Waals surface area contributed by atoms with Crippen molar-refractivity contribution < 1.29 is 9.84 Å². The van der Waals surface area contributed by atoms with Crippen LogP contribution in [0.3, 0.4) is 0 Å². The topological polar surface area (TPSA) is 29.5 Å². The van der Waals surface area contributed by atoms with Crippen LogP contribution in [0.5, 0.6) is 11.5 Å². The number of benzene rings is 4. The molecule has 30 heavy (non-hydrogen) atoms. The van der Waals surface area contributed by atoms with Crippen molar-refractivity contribution in [3.8, 4) is 11.5 Å². The van der Waals surface area contributed by atoms with Gasteiger partial charge in [0.2, 0.25) is 0 Å². The molecule has 0 spiro atoms. The first-order valence-electron chi connectivity index (χ1n) is 10.1. The maximum atomic E-state index is 9.76. The first-order chi connectivity index (χ1) is 14.5. The third-order valence-electron chi connectivity index (χ3n) is 4.95. The highest BCUT2D eigenvalue weighted by Gasteiger charge is 2.05. The summed E-state index contributed by atoms with van der Waals surface area (Å²) in [4.78, 5) is 0. The van der Waals surface area contributed by atoms with Crippen LogP contribution in [0.4, 0.5) is 0 Å². The lowest BCUT2D eigenvalue weighted by Crippen LogP contribution is -1.92. The SMILES string of the molecule is C=CCOc1ccc2cc(C)ccc2c1.C=CCc1c(O)ccc2cc(C)ccc12. The quantitative estimate of drug-likeness (QED) is 0.359. The van der Waals surface area contributed by atoms with Crippen molar-refractivity contribution in [1.29, 1.82) is 0 Å². The van der Waals surface area contributed by atoms with E-state index in [1.165, 1.54) is 27.3 Å². The van der Waals surface area contributed by atoms with Gasteiger partial charge in [0.25, 0.3) is 0 Å². The summed E-state index contributed by atoms with van der Waals surface area (Å²) in [6.07, 6.45) is 4.26. The molecule has 0 heterocycles. The van der Waals surface area contributed by atoms with E-state index in [1.54, 1.807) is 12.1 Å².